The topological polar surface area (TPSA) is 53.3 Å². The third kappa shape index (κ3) is 2.68. The number of benzene rings is 1. The summed E-state index contributed by atoms with van der Waals surface area (Å²) in [7, 11) is 2.14. The molecule has 0 fully saturated rings. The van der Waals surface area contributed by atoms with E-state index >= 15 is 0 Å². The average Bonchev–Trinajstić information content (AvgIpc) is 2.99. The predicted octanol–water partition coefficient (Wildman–Crippen LogP) is 2.10. The van der Waals surface area contributed by atoms with Crippen molar-refractivity contribution in [2.24, 2.45) is 0 Å². The monoisotopic (exact) mass is 300 g/mol. The van der Waals surface area contributed by atoms with Crippen LogP contribution < -0.4 is 10.2 Å². The molecule has 2 heterocycles. The second-order valence-electron chi connectivity index (χ2n) is 5.99. The Hall–Kier alpha value is -2.01. The zero-order valence-electron chi connectivity index (χ0n) is 13.6. The van der Waals surface area contributed by atoms with Gasteiger partial charge in [-0.3, -0.25) is 0 Å². The number of aromatic nitrogens is 2. The third-order valence-corrected chi connectivity index (χ3v) is 4.47. The number of nitrogens with one attached hydrogen (secondary N) is 1. The lowest BCUT2D eigenvalue weighted by atomic mass is 10.1. The van der Waals surface area contributed by atoms with Gasteiger partial charge in [0, 0.05) is 31.4 Å². The maximum atomic E-state index is 9.17. The molecular weight excluding hydrogens is 276 g/mol. The summed E-state index contributed by atoms with van der Waals surface area (Å²) < 4.78 is 1.85. The molecule has 0 saturated heterocycles. The van der Waals surface area contributed by atoms with E-state index in [1.165, 1.54) is 16.8 Å². The number of aryl methyl sites for hydroxylation is 1. The van der Waals surface area contributed by atoms with E-state index in [0.29, 0.717) is 6.54 Å². The van der Waals surface area contributed by atoms with E-state index in [4.69, 9.17) is 5.11 Å². The Bertz CT molecular complexity index is 678. The van der Waals surface area contributed by atoms with E-state index in [9.17, 15) is 0 Å². The molecule has 5 heteroatoms. The first kappa shape index (κ1) is 14.9. The summed E-state index contributed by atoms with van der Waals surface area (Å²) >= 11 is 0. The first-order valence-corrected chi connectivity index (χ1v) is 7.82. The van der Waals surface area contributed by atoms with Gasteiger partial charge in [-0.15, -0.1) is 0 Å². The summed E-state index contributed by atoms with van der Waals surface area (Å²) in [5.41, 5.74) is 6.21. The maximum Gasteiger partial charge on any atom is 0.127 e. The van der Waals surface area contributed by atoms with Gasteiger partial charge in [0.15, 0.2) is 0 Å². The second kappa shape index (κ2) is 6.01. The van der Waals surface area contributed by atoms with Crippen LogP contribution >= 0.6 is 0 Å². The molecule has 2 aromatic rings. The maximum absolute atomic E-state index is 9.17. The van der Waals surface area contributed by atoms with Crippen LogP contribution in [0.5, 0.6) is 0 Å². The van der Waals surface area contributed by atoms with Crippen LogP contribution in [-0.2, 0) is 19.5 Å². The summed E-state index contributed by atoms with van der Waals surface area (Å²) in [6, 6.07) is 6.69. The number of rotatable bonds is 5. The quantitative estimate of drug-likeness (QED) is 0.888. The molecule has 0 spiro atoms. The molecule has 5 nitrogen and oxygen atoms in total. The number of hydrogen-bond donors (Lipinski definition) is 2. The van der Waals surface area contributed by atoms with E-state index in [1.54, 1.807) is 0 Å². The SMILES string of the molecule is Cc1nn(CCO)c(NCc2ccc3c(c2)CCN3C)c1C. The summed E-state index contributed by atoms with van der Waals surface area (Å²) in [4.78, 5) is 2.30. The fourth-order valence-electron chi connectivity index (χ4n) is 3.07. The molecule has 1 aromatic heterocycles. The lowest BCUT2D eigenvalue weighted by Gasteiger charge is -2.13. The predicted molar refractivity (Wildman–Crippen MR) is 89.5 cm³/mol. The van der Waals surface area contributed by atoms with E-state index in [2.05, 4.69) is 47.5 Å². The van der Waals surface area contributed by atoms with Crippen LogP contribution in [0.1, 0.15) is 22.4 Å². The van der Waals surface area contributed by atoms with Crippen LogP contribution in [-0.4, -0.2) is 35.1 Å². The van der Waals surface area contributed by atoms with Crippen molar-refractivity contribution in [3.63, 3.8) is 0 Å². The fraction of sp³-hybridized carbons (Fsp3) is 0.471. The minimum absolute atomic E-state index is 0.0976. The summed E-state index contributed by atoms with van der Waals surface area (Å²) in [5.74, 6) is 1.00. The Morgan fingerprint density at radius 1 is 1.32 bits per heavy atom. The Labute approximate surface area is 131 Å². The van der Waals surface area contributed by atoms with Crippen LogP contribution in [0.25, 0.3) is 0 Å². The number of aliphatic hydroxyl groups is 1. The highest BCUT2D eigenvalue weighted by molar-refractivity contribution is 5.59. The Balaban J connectivity index is 1.76. The molecule has 0 radical (unpaired) electrons. The molecule has 0 unspecified atom stereocenters. The normalized spacial score (nSPS) is 13.5. The van der Waals surface area contributed by atoms with Gasteiger partial charge < -0.3 is 15.3 Å². The molecule has 0 bridgehead atoms. The van der Waals surface area contributed by atoms with Gasteiger partial charge in [-0.2, -0.15) is 5.10 Å². The Kier molecular flexibility index (Phi) is 4.07. The van der Waals surface area contributed by atoms with Crippen LogP contribution in [0.4, 0.5) is 11.5 Å². The number of hydrogen-bond acceptors (Lipinski definition) is 4. The van der Waals surface area contributed by atoms with Crippen LogP contribution in [0.15, 0.2) is 18.2 Å². The number of aliphatic hydroxyl groups excluding tert-OH is 1. The molecule has 2 N–H and O–H groups in total. The van der Waals surface area contributed by atoms with Crippen molar-refractivity contribution >= 4 is 11.5 Å². The van der Waals surface area contributed by atoms with Crippen LogP contribution in [0.3, 0.4) is 0 Å². The van der Waals surface area contributed by atoms with E-state index in [-0.39, 0.29) is 6.61 Å². The number of fused-ring (bicyclic) bond motifs is 1. The van der Waals surface area contributed by atoms with Gasteiger partial charge in [-0.05, 0) is 37.5 Å². The van der Waals surface area contributed by atoms with Gasteiger partial charge in [0.1, 0.15) is 5.82 Å². The van der Waals surface area contributed by atoms with Gasteiger partial charge in [-0.25, -0.2) is 4.68 Å². The van der Waals surface area contributed by atoms with Gasteiger partial charge in [0.25, 0.3) is 0 Å². The summed E-state index contributed by atoms with van der Waals surface area (Å²) in [5, 5.41) is 17.1. The largest absolute Gasteiger partial charge is 0.394 e. The molecule has 1 aliphatic heterocycles. The van der Waals surface area contributed by atoms with Crippen molar-refractivity contribution in [2.75, 3.05) is 30.4 Å². The van der Waals surface area contributed by atoms with Crippen molar-refractivity contribution < 1.29 is 5.11 Å². The Morgan fingerprint density at radius 3 is 2.91 bits per heavy atom. The van der Waals surface area contributed by atoms with Crippen LogP contribution in [0.2, 0.25) is 0 Å². The number of anilines is 2. The molecule has 118 valence electrons. The number of likely N-dealkylation sites (N-methyl/N-ethyl adjacent to an activating group) is 1. The van der Waals surface area contributed by atoms with Crippen molar-refractivity contribution in [3.8, 4) is 0 Å². The fourth-order valence-corrected chi connectivity index (χ4v) is 3.07. The highest BCUT2D eigenvalue weighted by atomic mass is 16.3. The lowest BCUT2D eigenvalue weighted by Crippen LogP contribution is -2.12. The molecule has 1 aliphatic rings. The highest BCUT2D eigenvalue weighted by Gasteiger charge is 2.16. The van der Waals surface area contributed by atoms with Crippen molar-refractivity contribution in [1.29, 1.82) is 0 Å². The molecular formula is C17H24N4O. The van der Waals surface area contributed by atoms with Crippen molar-refractivity contribution in [2.45, 2.75) is 33.4 Å². The smallest absolute Gasteiger partial charge is 0.127 e. The Morgan fingerprint density at radius 2 is 2.14 bits per heavy atom. The molecule has 22 heavy (non-hydrogen) atoms. The number of nitrogens with zero attached hydrogens (tertiary/aromatic N) is 3. The van der Waals surface area contributed by atoms with Gasteiger partial charge in [0.2, 0.25) is 0 Å². The highest BCUT2D eigenvalue weighted by Crippen LogP contribution is 2.28. The molecule has 3 rings (SSSR count). The minimum Gasteiger partial charge on any atom is -0.394 e. The first-order valence-electron chi connectivity index (χ1n) is 7.82. The lowest BCUT2D eigenvalue weighted by molar-refractivity contribution is 0.270. The second-order valence-corrected chi connectivity index (χ2v) is 5.99. The van der Waals surface area contributed by atoms with Crippen molar-refractivity contribution in [3.05, 3.63) is 40.6 Å². The third-order valence-electron chi connectivity index (χ3n) is 4.47. The van der Waals surface area contributed by atoms with Crippen molar-refractivity contribution in [1.82, 2.24) is 9.78 Å². The molecule has 0 amide bonds. The zero-order valence-corrected chi connectivity index (χ0v) is 13.6. The van der Waals surface area contributed by atoms with E-state index < -0.39 is 0 Å². The van der Waals surface area contributed by atoms with Gasteiger partial charge in [0.05, 0.1) is 18.8 Å². The summed E-state index contributed by atoms with van der Waals surface area (Å²) in [6.45, 7) is 6.56. The minimum atomic E-state index is 0.0976. The van der Waals surface area contributed by atoms with E-state index in [0.717, 1.165) is 36.6 Å². The standard InChI is InChI=1S/C17H24N4O/c1-12-13(2)19-21(8-9-22)17(12)18-11-14-4-5-16-15(10-14)6-7-20(16)3/h4-5,10,18,22H,6-9,11H2,1-3H3. The molecule has 0 saturated carbocycles. The van der Waals surface area contributed by atoms with Gasteiger partial charge >= 0.3 is 0 Å². The van der Waals surface area contributed by atoms with Gasteiger partial charge in [-0.1, -0.05) is 12.1 Å². The first-order chi connectivity index (χ1) is 10.6. The average molecular weight is 300 g/mol. The molecule has 0 atom stereocenters. The van der Waals surface area contributed by atoms with Crippen LogP contribution in [0, 0.1) is 13.8 Å². The summed E-state index contributed by atoms with van der Waals surface area (Å²) in [6.07, 6.45) is 1.13. The zero-order chi connectivity index (χ0) is 15.7. The molecule has 0 aliphatic carbocycles. The van der Waals surface area contributed by atoms with E-state index in [1.807, 2.05) is 11.6 Å². The molecule has 1 aromatic carbocycles.